The van der Waals surface area contributed by atoms with Gasteiger partial charge in [-0.15, -0.1) is 0 Å². The number of nitrogens with zero attached hydrogens (tertiary/aromatic N) is 1. The van der Waals surface area contributed by atoms with Crippen molar-refractivity contribution in [1.82, 2.24) is 0 Å². The molecule has 0 spiro atoms. The third-order valence-electron chi connectivity index (χ3n) is 3.63. The molecular weight excluding hydrogens is 248 g/mol. The number of benzene rings is 1. The van der Waals surface area contributed by atoms with Gasteiger partial charge in [-0.05, 0) is 49.4 Å². The van der Waals surface area contributed by atoms with Crippen molar-refractivity contribution in [2.24, 2.45) is 17.6 Å². The maximum absolute atomic E-state index is 9.02. The summed E-state index contributed by atoms with van der Waals surface area (Å²) >= 11 is 5.85. The molecule has 0 aromatic heterocycles. The van der Waals surface area contributed by atoms with E-state index in [9.17, 15) is 0 Å². The maximum atomic E-state index is 9.02. The molecule has 0 aliphatic heterocycles. The highest BCUT2D eigenvalue weighted by Crippen LogP contribution is 2.32. The van der Waals surface area contributed by atoms with Crippen molar-refractivity contribution in [3.05, 3.63) is 28.8 Å². The average molecular weight is 265 g/mol. The highest BCUT2D eigenvalue weighted by molar-refractivity contribution is 6.30. The number of hydrogen-bond donors (Lipinski definition) is 1. The zero-order chi connectivity index (χ0) is 13.0. The summed E-state index contributed by atoms with van der Waals surface area (Å²) < 4.78 is 5.76. The zero-order valence-electron chi connectivity index (χ0n) is 10.2. The van der Waals surface area contributed by atoms with E-state index in [1.807, 2.05) is 0 Å². The second-order valence-corrected chi connectivity index (χ2v) is 5.19. The minimum atomic E-state index is 0.491. The number of rotatable bonds is 4. The van der Waals surface area contributed by atoms with E-state index in [4.69, 9.17) is 27.3 Å². The zero-order valence-corrected chi connectivity index (χ0v) is 11.0. The fourth-order valence-electron chi connectivity index (χ4n) is 2.56. The Hall–Kier alpha value is -1.24. The Kier molecular flexibility index (Phi) is 4.46. The van der Waals surface area contributed by atoms with Gasteiger partial charge in [0.15, 0.2) is 0 Å². The molecule has 1 fully saturated rings. The van der Waals surface area contributed by atoms with Crippen LogP contribution in [0.2, 0.25) is 5.02 Å². The molecule has 1 aliphatic rings. The number of nitrogens with two attached hydrogens (primary N) is 1. The Labute approximate surface area is 112 Å². The molecule has 3 nitrogen and oxygen atoms in total. The fraction of sp³-hybridized carbons (Fsp3) is 0.500. The largest absolute Gasteiger partial charge is 0.492 e. The molecule has 0 bridgehead atoms. The Bertz CT molecular complexity index is 456. The average Bonchev–Trinajstić information content (AvgIpc) is 2.84. The van der Waals surface area contributed by atoms with Crippen molar-refractivity contribution in [2.45, 2.75) is 19.3 Å². The lowest BCUT2D eigenvalue weighted by Crippen LogP contribution is -2.23. The van der Waals surface area contributed by atoms with Gasteiger partial charge in [0.25, 0.3) is 0 Å². The lowest BCUT2D eigenvalue weighted by Gasteiger charge is -2.18. The quantitative estimate of drug-likeness (QED) is 0.910. The first-order valence-electron chi connectivity index (χ1n) is 6.27. The van der Waals surface area contributed by atoms with E-state index in [1.54, 1.807) is 18.2 Å². The molecule has 1 aliphatic carbocycles. The third-order valence-corrected chi connectivity index (χ3v) is 3.87. The maximum Gasteiger partial charge on any atom is 0.137 e. The van der Waals surface area contributed by atoms with Crippen LogP contribution in [0.3, 0.4) is 0 Å². The second kappa shape index (κ2) is 6.08. The predicted molar refractivity (Wildman–Crippen MR) is 71.5 cm³/mol. The highest BCUT2D eigenvalue weighted by atomic mass is 35.5. The van der Waals surface area contributed by atoms with Gasteiger partial charge in [-0.1, -0.05) is 18.0 Å². The molecule has 1 saturated carbocycles. The topological polar surface area (TPSA) is 59.0 Å². The van der Waals surface area contributed by atoms with Crippen molar-refractivity contribution < 1.29 is 4.74 Å². The molecule has 2 N–H and O–H groups in total. The van der Waals surface area contributed by atoms with Gasteiger partial charge in [0, 0.05) is 5.02 Å². The van der Waals surface area contributed by atoms with Crippen LogP contribution in [-0.4, -0.2) is 13.2 Å². The first kappa shape index (κ1) is 13.2. The van der Waals surface area contributed by atoms with E-state index in [-0.39, 0.29) is 0 Å². The van der Waals surface area contributed by atoms with E-state index < -0.39 is 0 Å². The number of hydrogen-bond acceptors (Lipinski definition) is 3. The van der Waals surface area contributed by atoms with E-state index in [1.165, 1.54) is 12.8 Å². The van der Waals surface area contributed by atoms with Crippen LogP contribution in [0.5, 0.6) is 5.75 Å². The summed E-state index contributed by atoms with van der Waals surface area (Å²) in [5, 5.41) is 9.58. The lowest BCUT2D eigenvalue weighted by molar-refractivity contribution is 0.216. The molecule has 4 heteroatoms. The summed E-state index contributed by atoms with van der Waals surface area (Å²) in [6, 6.07) is 7.23. The molecule has 18 heavy (non-hydrogen) atoms. The Balaban J connectivity index is 2.00. The Morgan fingerprint density at radius 2 is 2.17 bits per heavy atom. The molecule has 96 valence electrons. The minimum absolute atomic E-state index is 0.491. The van der Waals surface area contributed by atoms with Crippen molar-refractivity contribution >= 4 is 11.6 Å². The Morgan fingerprint density at radius 3 is 2.89 bits per heavy atom. The molecule has 2 unspecified atom stereocenters. The molecule has 2 atom stereocenters. The summed E-state index contributed by atoms with van der Waals surface area (Å²) in [5.41, 5.74) is 6.23. The van der Waals surface area contributed by atoms with Crippen LogP contribution >= 0.6 is 11.6 Å². The van der Waals surface area contributed by atoms with Gasteiger partial charge in [-0.25, -0.2) is 0 Å². The van der Waals surface area contributed by atoms with E-state index >= 15 is 0 Å². The van der Waals surface area contributed by atoms with Gasteiger partial charge in [0.2, 0.25) is 0 Å². The van der Waals surface area contributed by atoms with Crippen LogP contribution < -0.4 is 10.5 Å². The van der Waals surface area contributed by atoms with Gasteiger partial charge < -0.3 is 10.5 Å². The van der Waals surface area contributed by atoms with Crippen LogP contribution in [-0.2, 0) is 0 Å². The summed E-state index contributed by atoms with van der Waals surface area (Å²) in [6.07, 6.45) is 3.58. The summed E-state index contributed by atoms with van der Waals surface area (Å²) in [7, 11) is 0. The van der Waals surface area contributed by atoms with Crippen LogP contribution in [0.1, 0.15) is 24.8 Å². The first-order valence-corrected chi connectivity index (χ1v) is 6.65. The molecule has 2 rings (SSSR count). The molecule has 0 heterocycles. The molecule has 1 aromatic rings. The predicted octanol–water partition coefficient (Wildman–Crippen LogP) is 2.97. The van der Waals surface area contributed by atoms with Crippen LogP contribution in [0, 0.1) is 23.2 Å². The number of halogens is 1. The van der Waals surface area contributed by atoms with Crippen molar-refractivity contribution in [1.29, 1.82) is 5.26 Å². The van der Waals surface area contributed by atoms with E-state index in [0.29, 0.717) is 34.8 Å². The number of nitriles is 1. The lowest BCUT2D eigenvalue weighted by atomic mass is 9.97. The van der Waals surface area contributed by atoms with Crippen molar-refractivity contribution in [3.8, 4) is 11.8 Å². The molecule has 0 amide bonds. The number of ether oxygens (including phenoxy) is 1. The third kappa shape index (κ3) is 2.95. The van der Waals surface area contributed by atoms with Gasteiger partial charge in [0.05, 0.1) is 12.2 Å². The van der Waals surface area contributed by atoms with E-state index in [0.717, 1.165) is 13.0 Å². The van der Waals surface area contributed by atoms with Gasteiger partial charge in [-0.3, -0.25) is 0 Å². The van der Waals surface area contributed by atoms with Gasteiger partial charge in [-0.2, -0.15) is 5.26 Å². The monoisotopic (exact) mass is 264 g/mol. The standard InChI is InChI=1S/C14H17ClN2O/c15-13-4-5-14(12(6-13)8-17)18-9-11-3-1-2-10(11)7-16/h4-6,10-11H,1-3,7,9,16H2. The summed E-state index contributed by atoms with van der Waals surface area (Å²) in [5.74, 6) is 1.68. The van der Waals surface area contributed by atoms with Crippen LogP contribution in [0.15, 0.2) is 18.2 Å². The smallest absolute Gasteiger partial charge is 0.137 e. The van der Waals surface area contributed by atoms with Crippen LogP contribution in [0.25, 0.3) is 0 Å². The highest BCUT2D eigenvalue weighted by Gasteiger charge is 2.26. The van der Waals surface area contributed by atoms with Crippen LogP contribution in [0.4, 0.5) is 0 Å². The van der Waals surface area contributed by atoms with Gasteiger partial charge >= 0.3 is 0 Å². The SMILES string of the molecule is N#Cc1cc(Cl)ccc1OCC1CCCC1CN. The van der Waals surface area contributed by atoms with Crippen molar-refractivity contribution in [3.63, 3.8) is 0 Å². The van der Waals surface area contributed by atoms with E-state index in [2.05, 4.69) is 6.07 Å². The second-order valence-electron chi connectivity index (χ2n) is 4.75. The normalized spacial score (nSPS) is 22.7. The first-order chi connectivity index (χ1) is 8.74. The summed E-state index contributed by atoms with van der Waals surface area (Å²) in [4.78, 5) is 0. The fourth-order valence-corrected chi connectivity index (χ4v) is 2.73. The van der Waals surface area contributed by atoms with Crippen molar-refractivity contribution in [2.75, 3.05) is 13.2 Å². The van der Waals surface area contributed by atoms with Gasteiger partial charge in [0.1, 0.15) is 11.8 Å². The molecule has 1 aromatic carbocycles. The molecular formula is C14H17ClN2O. The summed E-state index contributed by atoms with van der Waals surface area (Å²) in [6.45, 7) is 1.36. The Morgan fingerprint density at radius 1 is 1.39 bits per heavy atom. The molecule has 0 radical (unpaired) electrons. The minimum Gasteiger partial charge on any atom is -0.492 e. The molecule has 0 saturated heterocycles.